The maximum Gasteiger partial charge on any atom is 0.300 e. The van der Waals surface area contributed by atoms with Crippen LogP contribution in [0.5, 0.6) is 17.2 Å². The van der Waals surface area contributed by atoms with Gasteiger partial charge >= 0.3 is 0 Å². The summed E-state index contributed by atoms with van der Waals surface area (Å²) in [7, 11) is 4.54. The molecule has 1 N–H and O–H groups in total. The van der Waals surface area contributed by atoms with Crippen molar-refractivity contribution in [1.82, 2.24) is 0 Å². The maximum absolute atomic E-state index is 13.5. The molecule has 0 saturated carbocycles. The van der Waals surface area contributed by atoms with Gasteiger partial charge in [-0.1, -0.05) is 18.2 Å². The number of carbonyl (C=O) groups is 2. The van der Waals surface area contributed by atoms with Gasteiger partial charge in [-0.15, -0.1) is 0 Å². The Morgan fingerprint density at radius 1 is 0.868 bits per heavy atom. The summed E-state index contributed by atoms with van der Waals surface area (Å²) < 4.78 is 16.0. The number of methoxy groups -OCH3 is 3. The zero-order valence-electron chi connectivity index (χ0n) is 22.2. The first-order valence-corrected chi connectivity index (χ1v) is 12.4. The summed E-state index contributed by atoms with van der Waals surface area (Å²) in [4.78, 5) is 30.6. The number of aliphatic hydroxyl groups is 1. The van der Waals surface area contributed by atoms with E-state index < -0.39 is 17.7 Å². The monoisotopic (exact) mass is 516 g/mol. The average molecular weight is 517 g/mol. The smallest absolute Gasteiger partial charge is 0.300 e. The van der Waals surface area contributed by atoms with E-state index in [1.165, 1.54) is 26.2 Å². The first-order valence-electron chi connectivity index (χ1n) is 12.4. The summed E-state index contributed by atoms with van der Waals surface area (Å²) >= 11 is 0. The van der Waals surface area contributed by atoms with Crippen LogP contribution < -0.4 is 24.0 Å². The fourth-order valence-electron chi connectivity index (χ4n) is 4.77. The second-order valence-electron chi connectivity index (χ2n) is 8.70. The van der Waals surface area contributed by atoms with E-state index in [1.807, 2.05) is 24.3 Å². The van der Waals surface area contributed by atoms with Crippen LogP contribution in [0, 0.1) is 0 Å². The van der Waals surface area contributed by atoms with Crippen molar-refractivity contribution in [2.24, 2.45) is 0 Å². The molecule has 1 aliphatic heterocycles. The first-order chi connectivity index (χ1) is 18.4. The lowest BCUT2D eigenvalue weighted by atomic mass is 9.94. The highest BCUT2D eigenvalue weighted by Crippen LogP contribution is 2.43. The van der Waals surface area contributed by atoms with E-state index in [-0.39, 0.29) is 11.3 Å². The number of Topliss-reactive ketones (excluding diaryl/α,β-unsaturated/α-hetero) is 1. The highest BCUT2D eigenvalue weighted by molar-refractivity contribution is 6.51. The number of aliphatic hydroxyl groups excluding tert-OH is 1. The second kappa shape index (κ2) is 11.3. The third-order valence-corrected chi connectivity index (χ3v) is 6.77. The van der Waals surface area contributed by atoms with Crippen molar-refractivity contribution >= 4 is 28.8 Å². The van der Waals surface area contributed by atoms with Gasteiger partial charge in [0.25, 0.3) is 11.7 Å². The average Bonchev–Trinajstić information content (AvgIpc) is 3.23. The van der Waals surface area contributed by atoms with Gasteiger partial charge in [0.15, 0.2) is 11.5 Å². The molecule has 0 bridgehead atoms. The van der Waals surface area contributed by atoms with Crippen molar-refractivity contribution in [2.75, 3.05) is 44.2 Å². The molecule has 1 atom stereocenters. The van der Waals surface area contributed by atoms with Crippen molar-refractivity contribution < 1.29 is 28.9 Å². The van der Waals surface area contributed by atoms with E-state index in [4.69, 9.17) is 14.2 Å². The largest absolute Gasteiger partial charge is 0.507 e. The van der Waals surface area contributed by atoms with Crippen LogP contribution in [-0.2, 0) is 9.59 Å². The van der Waals surface area contributed by atoms with Gasteiger partial charge in [0.1, 0.15) is 11.5 Å². The number of ketones is 1. The summed E-state index contributed by atoms with van der Waals surface area (Å²) in [6, 6.07) is 18.6. The van der Waals surface area contributed by atoms with Crippen LogP contribution in [0.15, 0.2) is 72.3 Å². The van der Waals surface area contributed by atoms with Gasteiger partial charge in [0.2, 0.25) is 0 Å². The van der Waals surface area contributed by atoms with Crippen molar-refractivity contribution in [3.63, 3.8) is 0 Å². The molecule has 38 heavy (non-hydrogen) atoms. The molecular formula is C30H32N2O6. The molecule has 8 nitrogen and oxygen atoms in total. The van der Waals surface area contributed by atoms with Crippen molar-refractivity contribution in [3.8, 4) is 17.2 Å². The third kappa shape index (κ3) is 4.77. The Kier molecular flexibility index (Phi) is 7.90. The Morgan fingerprint density at radius 3 is 2.16 bits per heavy atom. The number of hydrogen-bond acceptors (Lipinski definition) is 7. The number of hydrogen-bond donors (Lipinski definition) is 1. The van der Waals surface area contributed by atoms with Crippen LogP contribution >= 0.6 is 0 Å². The summed E-state index contributed by atoms with van der Waals surface area (Å²) in [6.45, 7) is 5.85. The number of nitrogens with zero attached hydrogens (tertiary/aromatic N) is 2. The van der Waals surface area contributed by atoms with Crippen LogP contribution in [0.3, 0.4) is 0 Å². The fourth-order valence-corrected chi connectivity index (χ4v) is 4.77. The van der Waals surface area contributed by atoms with Crippen LogP contribution in [0.25, 0.3) is 5.76 Å². The van der Waals surface area contributed by atoms with Gasteiger partial charge in [-0.2, -0.15) is 0 Å². The van der Waals surface area contributed by atoms with E-state index >= 15 is 0 Å². The predicted octanol–water partition coefficient (Wildman–Crippen LogP) is 5.18. The van der Waals surface area contributed by atoms with Gasteiger partial charge in [-0.05, 0) is 61.9 Å². The van der Waals surface area contributed by atoms with Crippen LogP contribution in [-0.4, -0.2) is 51.2 Å². The molecule has 1 saturated heterocycles. The summed E-state index contributed by atoms with van der Waals surface area (Å²) in [5, 5.41) is 11.5. The molecule has 1 heterocycles. The molecule has 1 aliphatic rings. The number of anilines is 2. The summed E-state index contributed by atoms with van der Waals surface area (Å²) in [6.07, 6.45) is 0. The Hall–Kier alpha value is -4.46. The topological polar surface area (TPSA) is 88.5 Å². The SMILES string of the molecule is CCN(CC)c1ccc(C2/C(=C(\O)c3ccc(OC)c(OC)c3)C(=O)C(=O)N2c2cccc(OC)c2)cc1. The number of carbonyl (C=O) groups excluding carboxylic acids is 2. The molecule has 1 fully saturated rings. The lowest BCUT2D eigenvalue weighted by Gasteiger charge is -2.27. The normalized spacial score (nSPS) is 16.4. The molecule has 0 spiro atoms. The van der Waals surface area contributed by atoms with Crippen molar-refractivity contribution in [3.05, 3.63) is 83.4 Å². The minimum Gasteiger partial charge on any atom is -0.507 e. The molecule has 0 aliphatic carbocycles. The minimum atomic E-state index is -0.860. The third-order valence-electron chi connectivity index (χ3n) is 6.77. The predicted molar refractivity (Wildman–Crippen MR) is 147 cm³/mol. The number of ether oxygens (including phenoxy) is 3. The van der Waals surface area contributed by atoms with E-state index in [0.717, 1.165) is 18.8 Å². The molecular weight excluding hydrogens is 484 g/mol. The highest BCUT2D eigenvalue weighted by atomic mass is 16.5. The molecule has 3 aromatic carbocycles. The Bertz CT molecular complexity index is 1360. The molecule has 4 rings (SSSR count). The van der Waals surface area contributed by atoms with Gasteiger partial charge in [0.05, 0.1) is 32.9 Å². The van der Waals surface area contributed by atoms with Crippen LogP contribution in [0.1, 0.15) is 31.0 Å². The van der Waals surface area contributed by atoms with E-state index in [1.54, 1.807) is 42.5 Å². The quantitative estimate of drug-likeness (QED) is 0.238. The van der Waals surface area contributed by atoms with Gasteiger partial charge in [-0.25, -0.2) is 0 Å². The molecule has 3 aromatic rings. The standard InChI is InChI=1S/C30H32N2O6/c1-6-31(7-2)21-14-11-19(12-15-21)27-26(28(33)20-13-16-24(37-4)25(17-20)38-5)29(34)30(35)32(27)22-9-8-10-23(18-22)36-3/h8-18,27,33H,6-7H2,1-5H3/b28-26+. The first kappa shape index (κ1) is 26.6. The van der Waals surface area contributed by atoms with Crippen LogP contribution in [0.2, 0.25) is 0 Å². The van der Waals surface area contributed by atoms with Crippen LogP contribution in [0.4, 0.5) is 11.4 Å². The van der Waals surface area contributed by atoms with Gasteiger partial charge in [0, 0.05) is 36.1 Å². The van der Waals surface area contributed by atoms with E-state index in [9.17, 15) is 14.7 Å². The second-order valence-corrected chi connectivity index (χ2v) is 8.70. The molecule has 8 heteroatoms. The Balaban J connectivity index is 1.91. The van der Waals surface area contributed by atoms with Crippen molar-refractivity contribution in [1.29, 1.82) is 0 Å². The fraction of sp³-hybridized carbons (Fsp3) is 0.267. The lowest BCUT2D eigenvalue weighted by molar-refractivity contribution is -0.132. The van der Waals surface area contributed by atoms with Crippen molar-refractivity contribution in [2.45, 2.75) is 19.9 Å². The molecule has 1 unspecified atom stereocenters. The summed E-state index contributed by atoms with van der Waals surface area (Å²) in [5.41, 5.74) is 2.51. The van der Waals surface area contributed by atoms with Gasteiger partial charge in [-0.3, -0.25) is 14.5 Å². The summed E-state index contributed by atoms with van der Waals surface area (Å²) in [5.74, 6) is -0.411. The molecule has 0 radical (unpaired) electrons. The number of rotatable bonds is 9. The molecule has 1 amide bonds. The lowest BCUT2D eigenvalue weighted by Crippen LogP contribution is -2.29. The zero-order chi connectivity index (χ0) is 27.4. The van der Waals surface area contributed by atoms with E-state index in [2.05, 4.69) is 18.7 Å². The molecule has 198 valence electrons. The number of amides is 1. The van der Waals surface area contributed by atoms with Gasteiger partial charge < -0.3 is 24.2 Å². The molecule has 0 aromatic heterocycles. The number of benzene rings is 3. The Labute approximate surface area is 222 Å². The van der Waals surface area contributed by atoms with E-state index in [0.29, 0.717) is 34.1 Å². The zero-order valence-corrected chi connectivity index (χ0v) is 22.2. The minimum absolute atomic E-state index is 0.0133. The Morgan fingerprint density at radius 2 is 1.55 bits per heavy atom. The highest BCUT2D eigenvalue weighted by Gasteiger charge is 2.47. The maximum atomic E-state index is 13.5.